The molecule has 11 heteroatoms. The lowest BCUT2D eigenvalue weighted by molar-refractivity contribution is 0.483. The number of nitrogens with zero attached hydrogens (tertiary/aromatic N) is 4. The highest BCUT2D eigenvalue weighted by atomic mass is 35.5. The molecule has 1 aliphatic rings. The lowest BCUT2D eigenvalue weighted by atomic mass is 10.0. The van der Waals surface area contributed by atoms with Gasteiger partial charge in [-0.05, 0) is 42.5 Å². The van der Waals surface area contributed by atoms with Gasteiger partial charge in [0, 0.05) is 10.9 Å². The summed E-state index contributed by atoms with van der Waals surface area (Å²) in [4.78, 5) is 18.8. The molecule has 1 aliphatic carbocycles. The topological polar surface area (TPSA) is 96.7 Å². The second-order valence-corrected chi connectivity index (χ2v) is 9.38. The summed E-state index contributed by atoms with van der Waals surface area (Å²) in [5.41, 5.74) is 1.05. The number of aromatic hydroxyl groups is 1. The van der Waals surface area contributed by atoms with Crippen molar-refractivity contribution in [1.82, 2.24) is 25.0 Å². The van der Waals surface area contributed by atoms with Gasteiger partial charge in [0.05, 0.1) is 27.9 Å². The van der Waals surface area contributed by atoms with Crippen molar-refractivity contribution in [2.24, 2.45) is 0 Å². The van der Waals surface area contributed by atoms with Crippen molar-refractivity contribution in [3.63, 3.8) is 0 Å². The van der Waals surface area contributed by atoms with Crippen molar-refractivity contribution in [2.75, 3.05) is 0 Å². The van der Waals surface area contributed by atoms with Gasteiger partial charge in [0.25, 0.3) is 5.56 Å². The van der Waals surface area contributed by atoms with Crippen LogP contribution in [-0.4, -0.2) is 30.1 Å². The van der Waals surface area contributed by atoms with Crippen LogP contribution in [0.25, 0.3) is 31.7 Å². The highest BCUT2D eigenvalue weighted by Gasteiger charge is 2.30. The molecule has 0 radical (unpaired) electrons. The van der Waals surface area contributed by atoms with E-state index in [2.05, 4.69) is 15.4 Å². The van der Waals surface area contributed by atoms with E-state index in [9.17, 15) is 18.7 Å². The lowest BCUT2D eigenvalue weighted by Crippen LogP contribution is -2.24. The summed E-state index contributed by atoms with van der Waals surface area (Å²) in [6, 6.07) is 5.46. The molecule has 6 rings (SSSR count). The Morgan fingerprint density at radius 3 is 2.76 bits per heavy atom. The van der Waals surface area contributed by atoms with Crippen LogP contribution in [0.3, 0.4) is 0 Å². The Bertz CT molecular complexity index is 1630. The molecule has 0 unspecified atom stereocenters. The van der Waals surface area contributed by atoms with E-state index in [1.165, 1.54) is 22.9 Å². The number of fused-ring (bicyclic) bond motifs is 3. The van der Waals surface area contributed by atoms with Crippen LogP contribution in [0.4, 0.5) is 8.78 Å². The van der Waals surface area contributed by atoms with Gasteiger partial charge in [0.15, 0.2) is 17.4 Å². The van der Waals surface area contributed by atoms with Gasteiger partial charge in [-0.1, -0.05) is 17.7 Å². The van der Waals surface area contributed by atoms with Gasteiger partial charge in [-0.3, -0.25) is 9.36 Å². The van der Waals surface area contributed by atoms with Crippen LogP contribution < -0.4 is 5.56 Å². The maximum Gasteiger partial charge on any atom is 0.263 e. The molecule has 0 atom stereocenters. The first-order valence-electron chi connectivity index (χ1n) is 10.1. The number of thiophene rings is 1. The molecular weight excluding hydrogens is 472 g/mol. The van der Waals surface area contributed by atoms with Crippen molar-refractivity contribution in [3.05, 3.63) is 68.7 Å². The molecule has 0 amide bonds. The molecule has 3 aromatic heterocycles. The zero-order valence-corrected chi connectivity index (χ0v) is 18.3. The second-order valence-electron chi connectivity index (χ2n) is 7.97. The largest absolute Gasteiger partial charge is 0.505 e. The number of nitrogens with one attached hydrogen (secondary N) is 1. The number of aromatic amines is 1. The first-order valence-corrected chi connectivity index (χ1v) is 11.3. The Morgan fingerprint density at radius 1 is 1.24 bits per heavy atom. The summed E-state index contributed by atoms with van der Waals surface area (Å²) in [6.45, 7) is 0.0214. The highest BCUT2D eigenvalue weighted by Crippen LogP contribution is 2.46. The highest BCUT2D eigenvalue weighted by molar-refractivity contribution is 7.25. The van der Waals surface area contributed by atoms with Crippen molar-refractivity contribution in [3.8, 4) is 17.1 Å². The van der Waals surface area contributed by atoms with Crippen molar-refractivity contribution < 1.29 is 13.9 Å². The van der Waals surface area contributed by atoms with E-state index in [0.29, 0.717) is 37.1 Å². The van der Waals surface area contributed by atoms with Gasteiger partial charge in [-0.15, -0.1) is 11.3 Å². The molecule has 2 aromatic carbocycles. The Balaban J connectivity index is 1.71. The van der Waals surface area contributed by atoms with E-state index in [1.54, 1.807) is 6.07 Å². The van der Waals surface area contributed by atoms with Crippen LogP contribution in [0.5, 0.6) is 5.75 Å². The summed E-state index contributed by atoms with van der Waals surface area (Å²) >= 11 is 7.18. The number of H-pyrrole nitrogens is 1. The standard InChI is InChI=1S/C22H14ClF2N5O2S/c23-14-4-3-11-17-21(33-19(11)18(14)31)27-20(30(22(17)32)8-10-7-26-29-28-10)13-6-16(25)15(24)5-12(13)9-1-2-9/h3-7,9,31H,1-2,8H2,(H,26,28,29). The number of halogens is 3. The van der Waals surface area contributed by atoms with Gasteiger partial charge in [-0.2, -0.15) is 15.4 Å². The van der Waals surface area contributed by atoms with Gasteiger partial charge in [0.1, 0.15) is 16.3 Å². The summed E-state index contributed by atoms with van der Waals surface area (Å²) in [7, 11) is 0. The normalized spacial score (nSPS) is 13.9. The maximum absolute atomic E-state index is 14.4. The van der Waals surface area contributed by atoms with Crippen LogP contribution in [0.15, 0.2) is 35.3 Å². The van der Waals surface area contributed by atoms with Gasteiger partial charge in [0.2, 0.25) is 0 Å². The van der Waals surface area contributed by atoms with Crippen molar-refractivity contribution in [1.29, 1.82) is 0 Å². The van der Waals surface area contributed by atoms with E-state index < -0.39 is 17.2 Å². The average Bonchev–Trinajstić information content (AvgIpc) is 3.37. The molecule has 33 heavy (non-hydrogen) atoms. The van der Waals surface area contributed by atoms with E-state index >= 15 is 0 Å². The van der Waals surface area contributed by atoms with Gasteiger partial charge >= 0.3 is 0 Å². The first kappa shape index (κ1) is 20.3. The molecule has 2 N–H and O–H groups in total. The first-order chi connectivity index (χ1) is 15.9. The van der Waals surface area contributed by atoms with E-state index in [0.717, 1.165) is 30.2 Å². The third kappa shape index (κ3) is 3.20. The molecule has 0 aliphatic heterocycles. The smallest absolute Gasteiger partial charge is 0.263 e. The molecule has 0 spiro atoms. The van der Waals surface area contributed by atoms with Crippen LogP contribution >= 0.6 is 22.9 Å². The monoisotopic (exact) mass is 485 g/mol. The Kier molecular flexibility index (Phi) is 4.49. The lowest BCUT2D eigenvalue weighted by Gasteiger charge is -2.15. The summed E-state index contributed by atoms with van der Waals surface area (Å²) in [5.74, 6) is -1.80. The van der Waals surface area contributed by atoms with Crippen molar-refractivity contribution in [2.45, 2.75) is 25.3 Å². The minimum Gasteiger partial charge on any atom is -0.505 e. The molecule has 0 bridgehead atoms. The fourth-order valence-electron chi connectivity index (χ4n) is 4.09. The molecule has 5 aromatic rings. The molecule has 166 valence electrons. The Labute approximate surface area is 193 Å². The second kappa shape index (κ2) is 7.32. The minimum atomic E-state index is -1.02. The maximum atomic E-state index is 14.4. The summed E-state index contributed by atoms with van der Waals surface area (Å²) < 4.78 is 30.3. The average molecular weight is 486 g/mol. The number of rotatable bonds is 4. The summed E-state index contributed by atoms with van der Waals surface area (Å²) in [5, 5.41) is 21.8. The quantitative estimate of drug-likeness (QED) is 0.375. The number of benzene rings is 2. The molecule has 3 heterocycles. The third-order valence-electron chi connectivity index (χ3n) is 5.82. The number of hydrogen-bond donors (Lipinski definition) is 2. The van der Waals surface area contributed by atoms with Crippen LogP contribution in [0.1, 0.15) is 30.0 Å². The predicted octanol–water partition coefficient (Wildman–Crippen LogP) is 4.96. The van der Waals surface area contributed by atoms with Crippen LogP contribution in [-0.2, 0) is 6.54 Å². The number of aromatic nitrogens is 5. The fourth-order valence-corrected chi connectivity index (χ4v) is 5.41. The predicted molar refractivity (Wildman–Crippen MR) is 121 cm³/mol. The fraction of sp³-hybridized carbons (Fsp3) is 0.182. The van der Waals surface area contributed by atoms with E-state index in [-0.39, 0.29) is 29.1 Å². The molecule has 1 saturated carbocycles. The SMILES string of the molecule is O=c1c2c(nc(-c3cc(F)c(F)cc3C3CC3)n1Cc1cn[nH]n1)sc1c(O)c(Cl)ccc12. The van der Waals surface area contributed by atoms with E-state index in [1.807, 2.05) is 0 Å². The Morgan fingerprint density at radius 2 is 2.03 bits per heavy atom. The molecule has 7 nitrogen and oxygen atoms in total. The molecule has 1 fully saturated rings. The van der Waals surface area contributed by atoms with Gasteiger partial charge in [-0.25, -0.2) is 13.8 Å². The molecule has 0 saturated heterocycles. The Hall–Kier alpha value is -3.37. The molecular formula is C22H14ClF2N5O2S. The zero-order chi connectivity index (χ0) is 22.9. The zero-order valence-electron chi connectivity index (χ0n) is 16.8. The number of phenolic OH excluding ortho intramolecular Hbond substituents is 1. The minimum absolute atomic E-state index is 0.0214. The van der Waals surface area contributed by atoms with E-state index in [4.69, 9.17) is 16.6 Å². The number of phenols is 1. The number of hydrogen-bond acceptors (Lipinski definition) is 6. The van der Waals surface area contributed by atoms with Crippen LogP contribution in [0.2, 0.25) is 5.02 Å². The summed E-state index contributed by atoms with van der Waals surface area (Å²) in [6.07, 6.45) is 3.18. The van der Waals surface area contributed by atoms with Crippen LogP contribution in [0, 0.1) is 11.6 Å². The third-order valence-corrected chi connectivity index (χ3v) is 7.23. The van der Waals surface area contributed by atoms with Crippen molar-refractivity contribution >= 4 is 43.2 Å². The van der Waals surface area contributed by atoms with Gasteiger partial charge < -0.3 is 5.11 Å².